The fourth-order valence-electron chi connectivity index (χ4n) is 3.27. The van der Waals surface area contributed by atoms with Crippen molar-refractivity contribution in [3.05, 3.63) is 0 Å². The van der Waals surface area contributed by atoms with Gasteiger partial charge in [-0.2, -0.15) is 0 Å². The molecular weight excluding hydrogens is 224 g/mol. The molecule has 0 aromatic heterocycles. The Hall–Kier alpha value is -0.570. The Bertz CT molecular complexity index is 291. The summed E-state index contributed by atoms with van der Waals surface area (Å²) in [5, 5.41) is 3.21. The number of carbonyl (C=O) groups is 1. The van der Waals surface area contributed by atoms with Crippen LogP contribution in [0.3, 0.4) is 0 Å². The van der Waals surface area contributed by atoms with Crippen molar-refractivity contribution in [3.8, 4) is 0 Å². The third kappa shape index (κ3) is 5.38. The van der Waals surface area contributed by atoms with E-state index in [4.69, 9.17) is 5.73 Å². The number of nitrogens with one attached hydrogen (secondary N) is 1. The second-order valence-electron chi connectivity index (χ2n) is 7.73. The Morgan fingerprint density at radius 1 is 1.22 bits per heavy atom. The van der Waals surface area contributed by atoms with E-state index in [0.29, 0.717) is 0 Å². The Balaban J connectivity index is 2.52. The van der Waals surface area contributed by atoms with E-state index in [1.165, 1.54) is 0 Å². The highest BCUT2D eigenvalue weighted by Gasteiger charge is 2.31. The van der Waals surface area contributed by atoms with Crippen molar-refractivity contribution in [3.63, 3.8) is 0 Å². The maximum Gasteiger partial charge on any atom is 0.223 e. The van der Waals surface area contributed by atoms with Crippen molar-refractivity contribution in [2.75, 3.05) is 0 Å². The van der Waals surface area contributed by atoms with Crippen LogP contribution < -0.4 is 11.1 Å². The highest BCUT2D eigenvalue weighted by molar-refractivity contribution is 5.79. The predicted octanol–water partition coefficient (Wildman–Crippen LogP) is 2.83. The molecule has 0 bridgehead atoms. The van der Waals surface area contributed by atoms with Crippen LogP contribution in [0.25, 0.3) is 0 Å². The molecule has 18 heavy (non-hydrogen) atoms. The molecule has 1 amide bonds. The van der Waals surface area contributed by atoms with Gasteiger partial charge in [0.1, 0.15) is 0 Å². The van der Waals surface area contributed by atoms with E-state index < -0.39 is 0 Å². The summed E-state index contributed by atoms with van der Waals surface area (Å²) < 4.78 is 0. The van der Waals surface area contributed by atoms with Crippen LogP contribution in [0, 0.1) is 11.3 Å². The van der Waals surface area contributed by atoms with Gasteiger partial charge >= 0.3 is 0 Å². The van der Waals surface area contributed by atoms with Crippen molar-refractivity contribution in [2.24, 2.45) is 17.1 Å². The second kappa shape index (κ2) is 5.60. The monoisotopic (exact) mass is 254 g/mol. The number of hydrogen-bond acceptors (Lipinski definition) is 2. The number of hydrogen-bond donors (Lipinski definition) is 2. The molecule has 1 rings (SSSR count). The SMILES string of the molecule is CC(C)(C)CC(C)(C)NC(=O)C1CCCC(N)C1. The highest BCUT2D eigenvalue weighted by Crippen LogP contribution is 2.28. The van der Waals surface area contributed by atoms with Gasteiger partial charge in [0.25, 0.3) is 0 Å². The van der Waals surface area contributed by atoms with Crippen LogP contribution in [-0.4, -0.2) is 17.5 Å². The molecule has 1 aliphatic carbocycles. The molecule has 3 heteroatoms. The topological polar surface area (TPSA) is 55.1 Å². The molecule has 0 saturated heterocycles. The summed E-state index contributed by atoms with van der Waals surface area (Å²) in [6.07, 6.45) is 4.96. The lowest BCUT2D eigenvalue weighted by atomic mass is 9.80. The lowest BCUT2D eigenvalue weighted by molar-refractivity contribution is -0.128. The van der Waals surface area contributed by atoms with Crippen LogP contribution in [0.1, 0.15) is 66.7 Å². The number of carbonyl (C=O) groups excluding carboxylic acids is 1. The van der Waals surface area contributed by atoms with E-state index in [0.717, 1.165) is 32.1 Å². The molecule has 0 heterocycles. The maximum atomic E-state index is 12.3. The Morgan fingerprint density at radius 2 is 1.83 bits per heavy atom. The summed E-state index contributed by atoms with van der Waals surface area (Å²) in [5.41, 5.74) is 6.03. The zero-order valence-electron chi connectivity index (χ0n) is 12.7. The van der Waals surface area contributed by atoms with Crippen molar-refractivity contribution in [2.45, 2.75) is 78.3 Å². The Morgan fingerprint density at radius 3 is 2.33 bits per heavy atom. The van der Waals surface area contributed by atoms with Gasteiger partial charge in [-0.3, -0.25) is 4.79 Å². The first-order valence-corrected chi connectivity index (χ1v) is 7.17. The third-order valence-corrected chi connectivity index (χ3v) is 3.52. The lowest BCUT2D eigenvalue weighted by Gasteiger charge is -2.35. The van der Waals surface area contributed by atoms with Crippen molar-refractivity contribution in [1.82, 2.24) is 5.32 Å². The number of amides is 1. The van der Waals surface area contributed by atoms with E-state index >= 15 is 0 Å². The summed E-state index contributed by atoms with van der Waals surface area (Å²) in [4.78, 5) is 12.3. The quantitative estimate of drug-likeness (QED) is 0.813. The van der Waals surface area contributed by atoms with Gasteiger partial charge in [-0.25, -0.2) is 0 Å². The van der Waals surface area contributed by atoms with Crippen molar-refractivity contribution in [1.29, 1.82) is 0 Å². The fraction of sp³-hybridized carbons (Fsp3) is 0.933. The molecule has 0 radical (unpaired) electrons. The lowest BCUT2D eigenvalue weighted by Crippen LogP contribution is -2.49. The zero-order valence-corrected chi connectivity index (χ0v) is 12.7. The maximum absolute atomic E-state index is 12.3. The number of rotatable bonds is 3. The van der Waals surface area contributed by atoms with E-state index in [1.807, 2.05) is 0 Å². The van der Waals surface area contributed by atoms with Gasteiger partial charge in [0, 0.05) is 17.5 Å². The molecule has 3 nitrogen and oxygen atoms in total. The van der Waals surface area contributed by atoms with Gasteiger partial charge < -0.3 is 11.1 Å². The summed E-state index contributed by atoms with van der Waals surface area (Å²) in [5.74, 6) is 0.312. The van der Waals surface area contributed by atoms with E-state index in [2.05, 4.69) is 39.9 Å². The fourth-order valence-corrected chi connectivity index (χ4v) is 3.27. The molecular formula is C15H30N2O. The number of nitrogens with two attached hydrogens (primary N) is 1. The van der Waals surface area contributed by atoms with Crippen LogP contribution in [0.2, 0.25) is 0 Å². The Kier molecular flexibility index (Phi) is 4.82. The first kappa shape index (κ1) is 15.5. The Labute approximate surface area is 112 Å². The van der Waals surface area contributed by atoms with Gasteiger partial charge in [-0.1, -0.05) is 27.2 Å². The van der Waals surface area contributed by atoms with Crippen molar-refractivity contribution >= 4 is 5.91 Å². The summed E-state index contributed by atoms with van der Waals surface area (Å²) >= 11 is 0. The largest absolute Gasteiger partial charge is 0.351 e. The molecule has 2 unspecified atom stereocenters. The minimum Gasteiger partial charge on any atom is -0.351 e. The zero-order chi connectivity index (χ0) is 14.0. The molecule has 106 valence electrons. The van der Waals surface area contributed by atoms with Crippen LogP contribution >= 0.6 is 0 Å². The second-order valence-corrected chi connectivity index (χ2v) is 7.73. The van der Waals surface area contributed by atoms with E-state index in [-0.39, 0.29) is 28.8 Å². The first-order valence-electron chi connectivity index (χ1n) is 7.17. The average Bonchev–Trinajstić information content (AvgIpc) is 2.12. The minimum atomic E-state index is -0.142. The van der Waals surface area contributed by atoms with E-state index in [1.54, 1.807) is 0 Å². The third-order valence-electron chi connectivity index (χ3n) is 3.52. The molecule has 1 aliphatic rings. The molecule has 3 N–H and O–H groups in total. The molecule has 2 atom stereocenters. The van der Waals surface area contributed by atoms with Crippen LogP contribution in [0.5, 0.6) is 0 Å². The normalized spacial score (nSPS) is 25.9. The molecule has 0 spiro atoms. The van der Waals surface area contributed by atoms with Crippen LogP contribution in [0.4, 0.5) is 0 Å². The molecule has 1 fully saturated rings. The summed E-state index contributed by atoms with van der Waals surface area (Å²) in [6, 6.07) is 0.209. The summed E-state index contributed by atoms with van der Waals surface area (Å²) in [7, 11) is 0. The predicted molar refractivity (Wildman–Crippen MR) is 76.2 cm³/mol. The van der Waals surface area contributed by atoms with Gasteiger partial charge in [0.05, 0.1) is 0 Å². The average molecular weight is 254 g/mol. The highest BCUT2D eigenvalue weighted by atomic mass is 16.2. The standard InChI is InChI=1S/C15H30N2O/c1-14(2,3)10-15(4,5)17-13(18)11-7-6-8-12(16)9-11/h11-12H,6-10,16H2,1-5H3,(H,17,18). The van der Waals surface area contributed by atoms with Gasteiger partial charge in [-0.15, -0.1) is 0 Å². The summed E-state index contributed by atoms with van der Waals surface area (Å²) in [6.45, 7) is 10.8. The van der Waals surface area contributed by atoms with Crippen molar-refractivity contribution < 1.29 is 4.79 Å². The molecule has 0 aromatic carbocycles. The molecule has 0 aromatic rings. The molecule has 0 aliphatic heterocycles. The molecule has 1 saturated carbocycles. The minimum absolute atomic E-state index is 0.119. The van der Waals surface area contributed by atoms with E-state index in [9.17, 15) is 4.79 Å². The smallest absolute Gasteiger partial charge is 0.223 e. The van der Waals surface area contributed by atoms with Gasteiger partial charge in [0.2, 0.25) is 5.91 Å². The van der Waals surface area contributed by atoms with Gasteiger partial charge in [0.15, 0.2) is 0 Å². The van der Waals surface area contributed by atoms with Crippen LogP contribution in [-0.2, 0) is 4.79 Å². The van der Waals surface area contributed by atoms with Gasteiger partial charge in [-0.05, 0) is 44.9 Å². The first-order chi connectivity index (χ1) is 8.09. The van der Waals surface area contributed by atoms with Crippen LogP contribution in [0.15, 0.2) is 0 Å².